The van der Waals surface area contributed by atoms with E-state index in [1.165, 1.54) is 35.2 Å². The van der Waals surface area contributed by atoms with Crippen LogP contribution in [0.5, 0.6) is 0 Å². The van der Waals surface area contributed by atoms with Crippen LogP contribution in [0.15, 0.2) is 65.4 Å². The van der Waals surface area contributed by atoms with E-state index in [2.05, 4.69) is 15.2 Å². The van der Waals surface area contributed by atoms with Crippen LogP contribution in [-0.4, -0.2) is 19.7 Å². The Labute approximate surface area is 173 Å². The highest BCUT2D eigenvalue weighted by Crippen LogP contribution is 2.32. The maximum atomic E-state index is 12.7. The number of aryl methyl sites for hydroxylation is 1. The molecule has 0 aliphatic rings. The summed E-state index contributed by atoms with van der Waals surface area (Å²) in [4.78, 5) is 4.55. The van der Waals surface area contributed by atoms with Crippen molar-refractivity contribution < 1.29 is 13.2 Å². The van der Waals surface area contributed by atoms with E-state index >= 15 is 0 Å². The van der Waals surface area contributed by atoms with Gasteiger partial charge in [0.2, 0.25) is 0 Å². The van der Waals surface area contributed by atoms with Crippen molar-refractivity contribution in [2.24, 2.45) is 0 Å². The molecular weight excluding hydrogens is 417 g/mol. The molecule has 0 atom stereocenters. The van der Waals surface area contributed by atoms with Crippen molar-refractivity contribution in [3.63, 3.8) is 0 Å². The maximum Gasteiger partial charge on any atom is 0.416 e. The molecule has 4 rings (SSSR count). The van der Waals surface area contributed by atoms with E-state index in [4.69, 9.17) is 0 Å². The van der Waals surface area contributed by atoms with Gasteiger partial charge in [0.05, 0.1) is 16.9 Å². The lowest BCUT2D eigenvalue weighted by Crippen LogP contribution is -2.03. The van der Waals surface area contributed by atoms with Gasteiger partial charge in [0.15, 0.2) is 5.16 Å². The Hall–Kier alpha value is -2.65. The first kappa shape index (κ1) is 19.7. The fourth-order valence-electron chi connectivity index (χ4n) is 2.77. The van der Waals surface area contributed by atoms with Crippen LogP contribution in [0.25, 0.3) is 16.3 Å². The Morgan fingerprint density at radius 2 is 1.83 bits per heavy atom. The average Bonchev–Trinajstić information content (AvgIpc) is 3.36. The number of aromatic nitrogens is 4. The van der Waals surface area contributed by atoms with Crippen molar-refractivity contribution in [1.82, 2.24) is 19.7 Å². The summed E-state index contributed by atoms with van der Waals surface area (Å²) >= 11 is 2.92. The van der Waals surface area contributed by atoms with Crippen LogP contribution in [0.4, 0.5) is 13.2 Å². The van der Waals surface area contributed by atoms with Gasteiger partial charge in [-0.15, -0.1) is 21.5 Å². The zero-order chi connectivity index (χ0) is 20.4. The fourth-order valence-corrected chi connectivity index (χ4v) is 4.51. The second-order valence-corrected chi connectivity index (χ2v) is 8.08. The Kier molecular flexibility index (Phi) is 5.42. The van der Waals surface area contributed by atoms with Crippen LogP contribution < -0.4 is 0 Å². The van der Waals surface area contributed by atoms with E-state index in [9.17, 15) is 13.2 Å². The molecule has 0 saturated carbocycles. The van der Waals surface area contributed by atoms with Gasteiger partial charge in [0.25, 0.3) is 0 Å². The number of alkyl halides is 3. The minimum absolute atomic E-state index is 0.585. The van der Waals surface area contributed by atoms with Crippen molar-refractivity contribution in [2.45, 2.75) is 24.0 Å². The molecule has 0 saturated heterocycles. The van der Waals surface area contributed by atoms with Crippen LogP contribution in [0.1, 0.15) is 16.8 Å². The number of hydrogen-bond donors (Lipinski definition) is 0. The average molecular weight is 432 g/mol. The lowest BCUT2D eigenvalue weighted by atomic mass is 10.1. The third-order valence-corrected chi connectivity index (χ3v) is 6.17. The van der Waals surface area contributed by atoms with Gasteiger partial charge in [-0.3, -0.25) is 4.57 Å². The molecule has 0 fully saturated rings. The lowest BCUT2D eigenvalue weighted by molar-refractivity contribution is -0.137. The molecule has 0 aliphatic heterocycles. The SMILES string of the molecule is Cc1ccccc1-n1cnnc1SCc1csc(-c2ccc(C(F)(F)F)cc2)n1. The smallest absolute Gasteiger partial charge is 0.276 e. The molecule has 2 aromatic heterocycles. The number of thioether (sulfide) groups is 1. The molecule has 0 spiro atoms. The van der Waals surface area contributed by atoms with Crippen LogP contribution in [0.2, 0.25) is 0 Å². The van der Waals surface area contributed by atoms with E-state index in [0.717, 1.165) is 34.2 Å². The summed E-state index contributed by atoms with van der Waals surface area (Å²) in [5.41, 5.74) is 2.98. The third kappa shape index (κ3) is 4.35. The number of para-hydroxylation sites is 1. The Morgan fingerprint density at radius 3 is 2.55 bits per heavy atom. The Balaban J connectivity index is 1.47. The highest BCUT2D eigenvalue weighted by molar-refractivity contribution is 7.98. The Bertz CT molecular complexity index is 1120. The molecule has 148 valence electrons. The molecule has 2 heterocycles. The van der Waals surface area contributed by atoms with Crippen molar-refractivity contribution in [1.29, 1.82) is 0 Å². The van der Waals surface area contributed by atoms with Crippen molar-refractivity contribution >= 4 is 23.1 Å². The monoisotopic (exact) mass is 432 g/mol. The first-order chi connectivity index (χ1) is 13.9. The number of thiazole rings is 1. The topological polar surface area (TPSA) is 43.6 Å². The van der Waals surface area contributed by atoms with Gasteiger partial charge in [0.1, 0.15) is 11.3 Å². The van der Waals surface area contributed by atoms with Crippen LogP contribution in [0, 0.1) is 6.92 Å². The van der Waals surface area contributed by atoms with Crippen LogP contribution in [0.3, 0.4) is 0 Å². The van der Waals surface area contributed by atoms with Gasteiger partial charge in [-0.2, -0.15) is 13.2 Å². The molecule has 2 aromatic carbocycles. The molecule has 0 radical (unpaired) electrons. The van der Waals surface area contributed by atoms with E-state index in [1.54, 1.807) is 6.33 Å². The second-order valence-electron chi connectivity index (χ2n) is 6.28. The van der Waals surface area contributed by atoms with Gasteiger partial charge < -0.3 is 0 Å². The summed E-state index contributed by atoms with van der Waals surface area (Å²) < 4.78 is 40.1. The zero-order valence-electron chi connectivity index (χ0n) is 15.2. The summed E-state index contributed by atoms with van der Waals surface area (Å²) in [6.45, 7) is 2.03. The first-order valence-electron chi connectivity index (χ1n) is 8.62. The number of benzene rings is 2. The van der Waals surface area contributed by atoms with Crippen LogP contribution in [-0.2, 0) is 11.9 Å². The van der Waals surface area contributed by atoms with E-state index in [-0.39, 0.29) is 0 Å². The van der Waals surface area contributed by atoms with Crippen LogP contribution >= 0.6 is 23.1 Å². The molecule has 0 bridgehead atoms. The molecule has 0 N–H and O–H groups in total. The number of rotatable bonds is 5. The van der Waals surface area contributed by atoms with Crippen molar-refractivity contribution in [3.8, 4) is 16.3 Å². The zero-order valence-corrected chi connectivity index (χ0v) is 16.9. The van der Waals surface area contributed by atoms with Gasteiger partial charge in [0, 0.05) is 16.7 Å². The third-order valence-electron chi connectivity index (χ3n) is 4.25. The molecule has 9 heteroatoms. The van der Waals surface area contributed by atoms with Gasteiger partial charge in [-0.1, -0.05) is 42.1 Å². The first-order valence-corrected chi connectivity index (χ1v) is 10.5. The molecule has 29 heavy (non-hydrogen) atoms. The number of halogens is 3. The van der Waals surface area contributed by atoms with E-state index in [1.807, 2.05) is 41.1 Å². The van der Waals surface area contributed by atoms with E-state index in [0.29, 0.717) is 16.3 Å². The highest BCUT2D eigenvalue weighted by Gasteiger charge is 2.30. The predicted octanol–water partition coefficient (Wildman–Crippen LogP) is 6.01. The van der Waals surface area contributed by atoms with Gasteiger partial charge >= 0.3 is 6.18 Å². The standard InChI is InChI=1S/C20H15F3N4S2/c1-13-4-2-3-5-17(13)27-12-24-26-19(27)29-11-16-10-28-18(25-16)14-6-8-15(9-7-14)20(21,22)23/h2-10,12H,11H2,1H3. The summed E-state index contributed by atoms with van der Waals surface area (Å²) in [5.74, 6) is 0.585. The predicted molar refractivity (Wildman–Crippen MR) is 108 cm³/mol. The van der Waals surface area contributed by atoms with E-state index < -0.39 is 11.7 Å². The Morgan fingerprint density at radius 1 is 1.07 bits per heavy atom. The number of hydrogen-bond acceptors (Lipinski definition) is 5. The molecular formula is C20H15F3N4S2. The minimum Gasteiger partial charge on any atom is -0.276 e. The minimum atomic E-state index is -4.34. The lowest BCUT2D eigenvalue weighted by Gasteiger charge is -2.08. The molecule has 4 nitrogen and oxygen atoms in total. The highest BCUT2D eigenvalue weighted by atomic mass is 32.2. The maximum absolute atomic E-state index is 12.7. The second kappa shape index (κ2) is 8.00. The fraction of sp³-hybridized carbons (Fsp3) is 0.150. The summed E-state index contributed by atoms with van der Waals surface area (Å²) in [5, 5.41) is 11.6. The summed E-state index contributed by atoms with van der Waals surface area (Å²) in [7, 11) is 0. The van der Waals surface area contributed by atoms with Crippen molar-refractivity contribution in [2.75, 3.05) is 0 Å². The van der Waals surface area contributed by atoms with Gasteiger partial charge in [-0.25, -0.2) is 4.98 Å². The summed E-state index contributed by atoms with van der Waals surface area (Å²) in [6.07, 6.45) is -2.66. The molecule has 4 aromatic rings. The van der Waals surface area contributed by atoms with Crippen molar-refractivity contribution in [3.05, 3.63) is 77.1 Å². The molecule has 0 aliphatic carbocycles. The normalized spacial score (nSPS) is 11.7. The number of nitrogens with zero attached hydrogens (tertiary/aromatic N) is 4. The molecule has 0 unspecified atom stereocenters. The van der Waals surface area contributed by atoms with Gasteiger partial charge in [-0.05, 0) is 30.7 Å². The molecule has 0 amide bonds. The largest absolute Gasteiger partial charge is 0.416 e. The quantitative estimate of drug-likeness (QED) is 0.362. The summed E-state index contributed by atoms with van der Waals surface area (Å²) in [6, 6.07) is 13.0.